The lowest BCUT2D eigenvalue weighted by Gasteiger charge is -2.06. The molecule has 0 heterocycles. The Morgan fingerprint density at radius 1 is 1.30 bits per heavy atom. The van der Waals surface area contributed by atoms with Crippen LogP contribution >= 0.6 is 0 Å². The molecule has 1 heteroatoms. The second-order valence-electron chi connectivity index (χ2n) is 2.93. The van der Waals surface area contributed by atoms with Crippen molar-refractivity contribution in [3.63, 3.8) is 0 Å². The van der Waals surface area contributed by atoms with Gasteiger partial charge in [-0.1, -0.05) is 19.1 Å². The summed E-state index contributed by atoms with van der Waals surface area (Å²) in [5.41, 5.74) is 0. The zero-order valence-corrected chi connectivity index (χ0v) is 7.17. The average Bonchev–Trinajstić information content (AvgIpc) is 1.85. The first-order valence-electron chi connectivity index (χ1n) is 3.97. The summed E-state index contributed by atoms with van der Waals surface area (Å²) in [5.74, 6) is 0.611. The number of aliphatic hydroxyl groups excluding tert-OH is 1. The van der Waals surface area contributed by atoms with Crippen LogP contribution in [0.5, 0.6) is 0 Å². The van der Waals surface area contributed by atoms with Crippen LogP contribution in [0.25, 0.3) is 0 Å². The summed E-state index contributed by atoms with van der Waals surface area (Å²) >= 11 is 0. The minimum atomic E-state index is -0.146. The Morgan fingerprint density at radius 3 is 2.30 bits per heavy atom. The molecule has 0 aliphatic heterocycles. The van der Waals surface area contributed by atoms with Crippen molar-refractivity contribution in [2.24, 2.45) is 5.92 Å². The third-order valence-electron chi connectivity index (χ3n) is 1.56. The van der Waals surface area contributed by atoms with Crippen LogP contribution < -0.4 is 0 Å². The standard InChI is InChI=1S/C9H18O/c1-4-5-8(2)6-7-9(3)10/h4-5,8-10H,6-7H2,1-3H3. The van der Waals surface area contributed by atoms with Crippen molar-refractivity contribution in [1.29, 1.82) is 0 Å². The molecule has 0 saturated carbocycles. The lowest BCUT2D eigenvalue weighted by atomic mass is 10.0. The Bertz CT molecular complexity index is 94.9. The summed E-state index contributed by atoms with van der Waals surface area (Å²) in [7, 11) is 0. The molecule has 0 aliphatic rings. The van der Waals surface area contributed by atoms with Crippen molar-refractivity contribution in [1.82, 2.24) is 0 Å². The van der Waals surface area contributed by atoms with E-state index in [0.717, 1.165) is 12.8 Å². The van der Waals surface area contributed by atoms with Gasteiger partial charge in [0.2, 0.25) is 0 Å². The molecule has 10 heavy (non-hydrogen) atoms. The van der Waals surface area contributed by atoms with E-state index in [9.17, 15) is 0 Å². The molecule has 1 nitrogen and oxygen atoms in total. The highest BCUT2D eigenvalue weighted by Crippen LogP contribution is 2.08. The number of aliphatic hydroxyl groups is 1. The van der Waals surface area contributed by atoms with Gasteiger partial charge in [0.1, 0.15) is 0 Å². The molecule has 0 spiro atoms. The molecule has 0 radical (unpaired) electrons. The fourth-order valence-corrected chi connectivity index (χ4v) is 0.929. The van der Waals surface area contributed by atoms with Gasteiger partial charge in [-0.25, -0.2) is 0 Å². The summed E-state index contributed by atoms with van der Waals surface area (Å²) in [6, 6.07) is 0. The van der Waals surface area contributed by atoms with Gasteiger partial charge < -0.3 is 5.11 Å². The van der Waals surface area contributed by atoms with Crippen molar-refractivity contribution in [3.05, 3.63) is 12.2 Å². The van der Waals surface area contributed by atoms with Gasteiger partial charge in [0.15, 0.2) is 0 Å². The Labute approximate surface area is 63.8 Å². The first-order valence-corrected chi connectivity index (χ1v) is 3.97. The van der Waals surface area contributed by atoms with Gasteiger partial charge in [0, 0.05) is 0 Å². The van der Waals surface area contributed by atoms with Crippen LogP contribution in [0.3, 0.4) is 0 Å². The lowest BCUT2D eigenvalue weighted by molar-refractivity contribution is 0.177. The molecule has 0 rings (SSSR count). The van der Waals surface area contributed by atoms with Gasteiger partial charge in [0.05, 0.1) is 6.10 Å². The Kier molecular flexibility index (Phi) is 5.32. The molecule has 2 atom stereocenters. The lowest BCUT2D eigenvalue weighted by Crippen LogP contribution is -2.01. The van der Waals surface area contributed by atoms with E-state index in [1.54, 1.807) is 0 Å². The zero-order chi connectivity index (χ0) is 7.98. The summed E-state index contributed by atoms with van der Waals surface area (Å²) in [6.07, 6.45) is 6.08. The molecular weight excluding hydrogens is 124 g/mol. The van der Waals surface area contributed by atoms with E-state index in [-0.39, 0.29) is 6.10 Å². The number of hydrogen-bond donors (Lipinski definition) is 1. The summed E-state index contributed by atoms with van der Waals surface area (Å²) in [4.78, 5) is 0. The number of allylic oxidation sites excluding steroid dienone is 2. The molecule has 0 aromatic carbocycles. The van der Waals surface area contributed by atoms with Gasteiger partial charge in [0.25, 0.3) is 0 Å². The van der Waals surface area contributed by atoms with Crippen molar-refractivity contribution in [2.45, 2.75) is 39.7 Å². The topological polar surface area (TPSA) is 20.2 Å². The van der Waals surface area contributed by atoms with Gasteiger partial charge in [-0.15, -0.1) is 0 Å². The first-order chi connectivity index (χ1) is 4.66. The van der Waals surface area contributed by atoms with Crippen LogP contribution in [0.1, 0.15) is 33.6 Å². The zero-order valence-electron chi connectivity index (χ0n) is 7.17. The van der Waals surface area contributed by atoms with Crippen molar-refractivity contribution in [2.75, 3.05) is 0 Å². The minimum Gasteiger partial charge on any atom is -0.393 e. The van der Waals surface area contributed by atoms with E-state index in [1.807, 2.05) is 13.8 Å². The number of rotatable bonds is 4. The molecule has 0 aromatic heterocycles. The van der Waals surface area contributed by atoms with Gasteiger partial charge in [-0.2, -0.15) is 0 Å². The maximum absolute atomic E-state index is 8.95. The summed E-state index contributed by atoms with van der Waals surface area (Å²) < 4.78 is 0. The molecule has 0 saturated heterocycles. The van der Waals surface area contributed by atoms with Crippen molar-refractivity contribution >= 4 is 0 Å². The quantitative estimate of drug-likeness (QED) is 0.597. The maximum Gasteiger partial charge on any atom is 0.0512 e. The molecule has 0 fully saturated rings. The third-order valence-corrected chi connectivity index (χ3v) is 1.56. The Balaban J connectivity index is 3.30. The molecular formula is C9H18O. The van der Waals surface area contributed by atoms with E-state index in [1.165, 1.54) is 0 Å². The van der Waals surface area contributed by atoms with Crippen LogP contribution in [0, 0.1) is 5.92 Å². The van der Waals surface area contributed by atoms with E-state index in [2.05, 4.69) is 19.1 Å². The van der Waals surface area contributed by atoms with Crippen LogP contribution in [-0.4, -0.2) is 11.2 Å². The molecule has 0 amide bonds. The molecule has 2 unspecified atom stereocenters. The normalized spacial score (nSPS) is 17.6. The highest BCUT2D eigenvalue weighted by atomic mass is 16.3. The smallest absolute Gasteiger partial charge is 0.0512 e. The molecule has 0 aliphatic carbocycles. The fourth-order valence-electron chi connectivity index (χ4n) is 0.929. The van der Waals surface area contributed by atoms with Crippen molar-refractivity contribution < 1.29 is 5.11 Å². The highest BCUT2D eigenvalue weighted by molar-refractivity contribution is 4.82. The van der Waals surface area contributed by atoms with Gasteiger partial charge in [-0.3, -0.25) is 0 Å². The molecule has 1 N–H and O–H groups in total. The first kappa shape index (κ1) is 9.70. The maximum atomic E-state index is 8.95. The summed E-state index contributed by atoms with van der Waals surface area (Å²) in [5, 5.41) is 8.95. The van der Waals surface area contributed by atoms with Gasteiger partial charge in [-0.05, 0) is 32.6 Å². The van der Waals surface area contributed by atoms with E-state index in [0.29, 0.717) is 5.92 Å². The summed E-state index contributed by atoms with van der Waals surface area (Å²) in [6.45, 7) is 6.03. The van der Waals surface area contributed by atoms with Crippen LogP contribution in [0.2, 0.25) is 0 Å². The third kappa shape index (κ3) is 5.83. The van der Waals surface area contributed by atoms with E-state index >= 15 is 0 Å². The van der Waals surface area contributed by atoms with Gasteiger partial charge >= 0.3 is 0 Å². The minimum absolute atomic E-state index is 0.146. The largest absolute Gasteiger partial charge is 0.393 e. The second kappa shape index (κ2) is 5.48. The molecule has 0 aromatic rings. The molecule has 0 bridgehead atoms. The second-order valence-corrected chi connectivity index (χ2v) is 2.93. The monoisotopic (exact) mass is 142 g/mol. The SMILES string of the molecule is CC=CC(C)CCC(C)O. The van der Waals surface area contributed by atoms with Crippen molar-refractivity contribution in [3.8, 4) is 0 Å². The highest BCUT2D eigenvalue weighted by Gasteiger charge is 1.99. The Morgan fingerprint density at radius 2 is 1.90 bits per heavy atom. The Hall–Kier alpha value is -0.300. The van der Waals surface area contributed by atoms with E-state index in [4.69, 9.17) is 5.11 Å². The predicted molar refractivity (Wildman–Crippen MR) is 44.9 cm³/mol. The molecule has 60 valence electrons. The van der Waals surface area contributed by atoms with Crippen LogP contribution in [-0.2, 0) is 0 Å². The predicted octanol–water partition coefficient (Wildman–Crippen LogP) is 2.36. The fraction of sp³-hybridized carbons (Fsp3) is 0.778. The van der Waals surface area contributed by atoms with Crippen LogP contribution in [0.15, 0.2) is 12.2 Å². The average molecular weight is 142 g/mol. The van der Waals surface area contributed by atoms with E-state index < -0.39 is 0 Å². The number of hydrogen-bond acceptors (Lipinski definition) is 1. The van der Waals surface area contributed by atoms with Crippen LogP contribution in [0.4, 0.5) is 0 Å².